The summed E-state index contributed by atoms with van der Waals surface area (Å²) in [7, 11) is 3.17. The van der Waals surface area contributed by atoms with E-state index in [1.807, 2.05) is 5.32 Å². The predicted molar refractivity (Wildman–Crippen MR) is 132 cm³/mol. The Morgan fingerprint density at radius 2 is 1.97 bits per heavy atom. The van der Waals surface area contributed by atoms with E-state index < -0.39 is 18.5 Å². The summed E-state index contributed by atoms with van der Waals surface area (Å²) in [5, 5.41) is 30.3. The number of carbonyl (C=O) groups excluding carboxylic acids is 1. The van der Waals surface area contributed by atoms with Gasteiger partial charge in [0.15, 0.2) is 28.9 Å². The van der Waals surface area contributed by atoms with Crippen molar-refractivity contribution in [1.29, 1.82) is 0 Å². The maximum absolute atomic E-state index is 12.8. The van der Waals surface area contributed by atoms with Crippen LogP contribution in [0.2, 0.25) is 0 Å². The summed E-state index contributed by atoms with van der Waals surface area (Å²) in [5.41, 5.74) is -0.142. The number of anilines is 4. The Balaban J connectivity index is 1.72. The topological polar surface area (TPSA) is 165 Å². The van der Waals surface area contributed by atoms with Crippen LogP contribution in [0.4, 0.5) is 23.1 Å². The number of aromatic nitrogens is 7. The third-order valence-corrected chi connectivity index (χ3v) is 5.05. The van der Waals surface area contributed by atoms with Crippen molar-refractivity contribution < 1.29 is 18.8 Å². The van der Waals surface area contributed by atoms with Crippen molar-refractivity contribution in [3.8, 4) is 17.1 Å². The number of nitrogens with one attached hydrogen (secondary N) is 3. The van der Waals surface area contributed by atoms with Crippen LogP contribution in [0.5, 0.6) is 5.75 Å². The van der Waals surface area contributed by atoms with Crippen LogP contribution in [0, 0.1) is 0 Å². The summed E-state index contributed by atoms with van der Waals surface area (Å²) in [6.45, 7) is 0.537. The molecule has 0 radical (unpaired) electrons. The van der Waals surface area contributed by atoms with Crippen molar-refractivity contribution in [1.82, 2.24) is 40.2 Å². The standard InChI is InChI=1S/C23H26N10O3/c1-23(2,35)13-6-7-16(26-11-13)29-17-10-15(18(31-30-17)22(34)24-3)28-21-19(36-5)14(8-9-25-21)20-27-12-33(4)32-20/h6-12,35H,1-5H3,(H,24,34)(H2,25,26,28,29,30)/i3D3. The van der Waals surface area contributed by atoms with Crippen LogP contribution < -0.4 is 20.7 Å². The summed E-state index contributed by atoms with van der Waals surface area (Å²) in [6, 6.07) is 6.46. The number of nitrogens with zero attached hydrogens (tertiary/aromatic N) is 7. The highest BCUT2D eigenvalue weighted by Gasteiger charge is 2.20. The van der Waals surface area contributed by atoms with Crippen molar-refractivity contribution >= 4 is 29.0 Å². The first-order valence-electron chi connectivity index (χ1n) is 12.2. The number of hydrogen-bond donors (Lipinski definition) is 4. The van der Waals surface area contributed by atoms with Gasteiger partial charge in [-0.15, -0.1) is 10.2 Å². The third-order valence-electron chi connectivity index (χ3n) is 5.05. The van der Waals surface area contributed by atoms with Gasteiger partial charge >= 0.3 is 0 Å². The molecule has 4 aromatic rings. The average molecular weight is 494 g/mol. The van der Waals surface area contributed by atoms with E-state index >= 15 is 0 Å². The van der Waals surface area contributed by atoms with Crippen LogP contribution in [0.1, 0.15) is 34.0 Å². The Morgan fingerprint density at radius 1 is 1.14 bits per heavy atom. The lowest BCUT2D eigenvalue weighted by Gasteiger charge is -2.17. The van der Waals surface area contributed by atoms with E-state index in [0.717, 1.165) is 0 Å². The minimum atomic E-state index is -2.75. The molecule has 0 aliphatic carbocycles. The monoisotopic (exact) mass is 493 g/mol. The van der Waals surface area contributed by atoms with Crippen molar-refractivity contribution in [2.24, 2.45) is 7.05 Å². The quantitative estimate of drug-likeness (QED) is 0.284. The van der Waals surface area contributed by atoms with Gasteiger partial charge in [0.1, 0.15) is 12.1 Å². The highest BCUT2D eigenvalue weighted by Crippen LogP contribution is 2.35. The Morgan fingerprint density at radius 3 is 2.61 bits per heavy atom. The maximum Gasteiger partial charge on any atom is 0.273 e. The number of rotatable bonds is 8. The number of aliphatic hydroxyl groups is 1. The fraction of sp³-hybridized carbons (Fsp3) is 0.261. The molecule has 0 spiro atoms. The molecule has 13 heteroatoms. The summed E-state index contributed by atoms with van der Waals surface area (Å²) in [4.78, 5) is 25.6. The lowest BCUT2D eigenvalue weighted by molar-refractivity contribution is 0.0782. The van der Waals surface area contributed by atoms with Gasteiger partial charge in [0.25, 0.3) is 5.91 Å². The third kappa shape index (κ3) is 5.20. The van der Waals surface area contributed by atoms with Gasteiger partial charge in [0.05, 0.1) is 24.0 Å². The first kappa shape index (κ1) is 20.7. The zero-order valence-electron chi connectivity index (χ0n) is 22.9. The normalized spacial score (nSPS) is 12.8. The first-order valence-corrected chi connectivity index (χ1v) is 10.7. The Labute approximate surface area is 211 Å². The van der Waals surface area contributed by atoms with Crippen molar-refractivity contribution in [2.45, 2.75) is 19.4 Å². The molecule has 0 aliphatic heterocycles. The van der Waals surface area contributed by atoms with Crippen molar-refractivity contribution in [3.63, 3.8) is 0 Å². The lowest BCUT2D eigenvalue weighted by atomic mass is 10.0. The molecule has 4 aromatic heterocycles. The molecule has 4 rings (SSSR count). The fourth-order valence-corrected chi connectivity index (χ4v) is 3.25. The number of ether oxygens (including phenoxy) is 1. The molecular formula is C23H26N10O3. The molecule has 0 aliphatic rings. The van der Waals surface area contributed by atoms with Gasteiger partial charge in [-0.25, -0.2) is 15.0 Å². The Kier molecular flexibility index (Phi) is 5.70. The molecule has 0 bridgehead atoms. The van der Waals surface area contributed by atoms with E-state index in [1.54, 1.807) is 39.1 Å². The number of hydrogen-bond acceptors (Lipinski definition) is 11. The van der Waals surface area contributed by atoms with Crippen LogP contribution in [-0.2, 0) is 12.6 Å². The second-order valence-corrected chi connectivity index (χ2v) is 8.17. The molecule has 0 fully saturated rings. The van der Waals surface area contributed by atoms with E-state index in [4.69, 9.17) is 8.85 Å². The molecule has 13 nitrogen and oxygen atoms in total. The predicted octanol–water partition coefficient (Wildman–Crippen LogP) is 2.14. The van der Waals surface area contributed by atoms with Crippen LogP contribution in [0.3, 0.4) is 0 Å². The first-order chi connectivity index (χ1) is 18.3. The van der Waals surface area contributed by atoms with E-state index in [2.05, 4.69) is 40.9 Å². The molecule has 0 aromatic carbocycles. The SMILES string of the molecule is [2H]C([2H])([2H])NC(=O)c1nnc(Nc2ccc(C(C)(C)O)cn2)cc1Nc1nccc(-c2ncn(C)n2)c1OC. The zero-order chi connectivity index (χ0) is 28.4. The number of methoxy groups -OCH3 is 1. The van der Waals surface area contributed by atoms with Gasteiger partial charge in [0, 0.05) is 42.2 Å². The van der Waals surface area contributed by atoms with Crippen molar-refractivity contribution in [3.05, 3.63) is 54.2 Å². The lowest BCUT2D eigenvalue weighted by Crippen LogP contribution is -2.21. The van der Waals surface area contributed by atoms with Crippen LogP contribution in [-0.4, -0.2) is 60.0 Å². The summed E-state index contributed by atoms with van der Waals surface area (Å²) >= 11 is 0. The van der Waals surface area contributed by atoms with E-state index in [0.29, 0.717) is 22.8 Å². The Bertz CT molecular complexity index is 1480. The van der Waals surface area contributed by atoms with Crippen molar-refractivity contribution in [2.75, 3.05) is 24.7 Å². The Hall–Kier alpha value is -4.65. The molecule has 0 saturated heterocycles. The molecule has 186 valence electrons. The number of carbonyl (C=O) groups is 1. The molecule has 4 N–H and O–H groups in total. The number of amides is 1. The van der Waals surface area contributed by atoms with Gasteiger partial charge in [-0.05, 0) is 26.0 Å². The second-order valence-electron chi connectivity index (χ2n) is 8.17. The smallest absolute Gasteiger partial charge is 0.273 e. The fourth-order valence-electron chi connectivity index (χ4n) is 3.25. The van der Waals surface area contributed by atoms with Crippen LogP contribution >= 0.6 is 0 Å². The number of pyridine rings is 2. The molecular weight excluding hydrogens is 464 g/mol. The van der Waals surface area contributed by atoms with E-state index in [1.165, 1.54) is 36.6 Å². The highest BCUT2D eigenvalue weighted by molar-refractivity contribution is 5.98. The van der Waals surface area contributed by atoms with Crippen LogP contribution in [0.25, 0.3) is 11.4 Å². The average Bonchev–Trinajstić information content (AvgIpc) is 3.29. The summed E-state index contributed by atoms with van der Waals surface area (Å²) in [6.07, 6.45) is 4.55. The molecule has 0 atom stereocenters. The van der Waals surface area contributed by atoms with Gasteiger partial charge in [-0.2, -0.15) is 5.10 Å². The molecule has 36 heavy (non-hydrogen) atoms. The highest BCUT2D eigenvalue weighted by atomic mass is 16.5. The van der Waals surface area contributed by atoms with E-state index in [-0.39, 0.29) is 28.8 Å². The summed E-state index contributed by atoms with van der Waals surface area (Å²) < 4.78 is 29.3. The molecule has 4 heterocycles. The summed E-state index contributed by atoms with van der Waals surface area (Å²) in [5.74, 6) is 0.453. The van der Waals surface area contributed by atoms with Gasteiger partial charge < -0.3 is 25.8 Å². The zero-order valence-corrected chi connectivity index (χ0v) is 19.9. The molecule has 0 unspecified atom stereocenters. The van der Waals surface area contributed by atoms with Gasteiger partial charge in [0.2, 0.25) is 0 Å². The number of aryl methyl sites for hydroxylation is 1. The molecule has 1 amide bonds. The minimum absolute atomic E-state index is 0.0827. The maximum atomic E-state index is 12.8. The van der Waals surface area contributed by atoms with Gasteiger partial charge in [-0.3, -0.25) is 9.48 Å². The second kappa shape index (κ2) is 9.92. The molecule has 0 saturated carbocycles. The minimum Gasteiger partial charge on any atom is -0.492 e. The van der Waals surface area contributed by atoms with Gasteiger partial charge in [-0.1, -0.05) is 6.07 Å². The van der Waals surface area contributed by atoms with Crippen LogP contribution in [0.15, 0.2) is 43.0 Å². The van der Waals surface area contributed by atoms with E-state index in [9.17, 15) is 9.90 Å². The largest absolute Gasteiger partial charge is 0.492 e.